The molecule has 0 radical (unpaired) electrons. The molecule has 1 aliphatic carbocycles. The van der Waals surface area contributed by atoms with Crippen LogP contribution in [0.2, 0.25) is 5.02 Å². The van der Waals surface area contributed by atoms with Crippen molar-refractivity contribution in [1.29, 1.82) is 0 Å². The summed E-state index contributed by atoms with van der Waals surface area (Å²) in [6.45, 7) is 2.10. The van der Waals surface area contributed by atoms with Crippen LogP contribution in [-0.2, 0) is 11.2 Å². The summed E-state index contributed by atoms with van der Waals surface area (Å²) < 4.78 is 0. The maximum absolute atomic E-state index is 12.5. The SMILES string of the molecule is CCCCCC(=O)Nc1ncc2c(n1)C[C@H](c1ccc(Cl)cc1)CC2=O. The van der Waals surface area contributed by atoms with Gasteiger partial charge in [0, 0.05) is 24.1 Å². The average molecular weight is 372 g/mol. The molecule has 0 fully saturated rings. The first-order valence-corrected chi connectivity index (χ1v) is 9.39. The maximum atomic E-state index is 12.5. The molecule has 1 N–H and O–H groups in total. The van der Waals surface area contributed by atoms with E-state index >= 15 is 0 Å². The van der Waals surface area contributed by atoms with E-state index in [0.717, 1.165) is 24.8 Å². The first-order valence-electron chi connectivity index (χ1n) is 9.01. The van der Waals surface area contributed by atoms with Crippen LogP contribution >= 0.6 is 11.6 Å². The first-order chi connectivity index (χ1) is 12.6. The third kappa shape index (κ3) is 4.47. The fourth-order valence-corrected chi connectivity index (χ4v) is 3.32. The molecule has 1 aromatic heterocycles. The zero-order valence-corrected chi connectivity index (χ0v) is 15.6. The van der Waals surface area contributed by atoms with Crippen molar-refractivity contribution in [2.75, 3.05) is 5.32 Å². The van der Waals surface area contributed by atoms with Crippen LogP contribution in [0, 0.1) is 0 Å². The van der Waals surface area contributed by atoms with Crippen LogP contribution in [0.5, 0.6) is 0 Å². The molecule has 0 bridgehead atoms. The van der Waals surface area contributed by atoms with Gasteiger partial charge in [0.1, 0.15) is 0 Å². The van der Waals surface area contributed by atoms with Crippen LogP contribution in [-0.4, -0.2) is 21.7 Å². The van der Waals surface area contributed by atoms with Crippen molar-refractivity contribution in [3.8, 4) is 0 Å². The Kier molecular flexibility index (Phi) is 5.99. The highest BCUT2D eigenvalue weighted by Gasteiger charge is 2.28. The largest absolute Gasteiger partial charge is 0.295 e. The zero-order chi connectivity index (χ0) is 18.5. The highest BCUT2D eigenvalue weighted by Crippen LogP contribution is 2.32. The highest BCUT2D eigenvalue weighted by molar-refractivity contribution is 6.30. The van der Waals surface area contributed by atoms with Gasteiger partial charge in [-0.25, -0.2) is 9.97 Å². The topological polar surface area (TPSA) is 72.0 Å². The van der Waals surface area contributed by atoms with E-state index in [4.69, 9.17) is 11.6 Å². The van der Waals surface area contributed by atoms with Crippen LogP contribution in [0.15, 0.2) is 30.5 Å². The Hall–Kier alpha value is -2.27. The van der Waals surface area contributed by atoms with E-state index in [9.17, 15) is 9.59 Å². The van der Waals surface area contributed by atoms with E-state index in [0.29, 0.717) is 35.5 Å². The molecule has 2 aromatic rings. The number of fused-ring (bicyclic) bond motifs is 1. The second kappa shape index (κ2) is 8.41. The molecule has 6 heteroatoms. The minimum atomic E-state index is -0.0882. The van der Waals surface area contributed by atoms with Gasteiger partial charge in [-0.3, -0.25) is 14.9 Å². The summed E-state index contributed by atoms with van der Waals surface area (Å²) in [7, 11) is 0. The summed E-state index contributed by atoms with van der Waals surface area (Å²) >= 11 is 5.95. The Morgan fingerprint density at radius 2 is 2.00 bits per heavy atom. The Balaban J connectivity index is 1.73. The van der Waals surface area contributed by atoms with Crippen LogP contribution in [0.25, 0.3) is 0 Å². The van der Waals surface area contributed by atoms with E-state index in [1.165, 1.54) is 6.20 Å². The van der Waals surface area contributed by atoms with E-state index in [1.807, 2.05) is 24.3 Å². The number of hydrogen-bond acceptors (Lipinski definition) is 4. The molecule has 1 heterocycles. The molecular formula is C20H22ClN3O2. The number of hydrogen-bond donors (Lipinski definition) is 1. The standard InChI is InChI=1S/C20H22ClN3O2/c1-2-3-4-5-19(26)24-20-22-12-16-17(23-20)10-14(11-18(16)25)13-6-8-15(21)9-7-13/h6-9,12,14H,2-5,10-11H2,1H3,(H,22,23,24,26)/t14-/m0/s1. The lowest BCUT2D eigenvalue weighted by Gasteiger charge is -2.23. The lowest BCUT2D eigenvalue weighted by molar-refractivity contribution is -0.116. The fraction of sp³-hybridized carbons (Fsp3) is 0.400. The number of ketones is 1. The van der Waals surface area contributed by atoms with Crippen molar-refractivity contribution in [2.24, 2.45) is 0 Å². The van der Waals surface area contributed by atoms with Gasteiger partial charge in [0.15, 0.2) is 5.78 Å². The van der Waals surface area contributed by atoms with Crippen LogP contribution in [0.1, 0.15) is 66.6 Å². The minimum absolute atomic E-state index is 0.0343. The van der Waals surface area contributed by atoms with Gasteiger partial charge in [0.05, 0.1) is 11.3 Å². The minimum Gasteiger partial charge on any atom is -0.295 e. The molecule has 0 unspecified atom stereocenters. The van der Waals surface area contributed by atoms with E-state index in [-0.39, 0.29) is 23.6 Å². The quantitative estimate of drug-likeness (QED) is 0.755. The van der Waals surface area contributed by atoms with Gasteiger partial charge in [-0.1, -0.05) is 43.5 Å². The number of carbonyl (C=O) groups excluding carboxylic acids is 2. The van der Waals surface area contributed by atoms with E-state index in [1.54, 1.807) is 0 Å². The van der Waals surface area contributed by atoms with Crippen molar-refractivity contribution in [3.63, 3.8) is 0 Å². The number of nitrogens with one attached hydrogen (secondary N) is 1. The number of nitrogens with zero attached hydrogens (tertiary/aromatic N) is 2. The van der Waals surface area contributed by atoms with Crippen molar-refractivity contribution >= 4 is 29.2 Å². The number of amides is 1. The Morgan fingerprint density at radius 3 is 2.73 bits per heavy atom. The molecule has 26 heavy (non-hydrogen) atoms. The molecular weight excluding hydrogens is 350 g/mol. The van der Waals surface area contributed by atoms with Crippen molar-refractivity contribution in [1.82, 2.24) is 9.97 Å². The number of rotatable bonds is 6. The molecule has 136 valence electrons. The van der Waals surface area contributed by atoms with Crippen LogP contribution < -0.4 is 5.32 Å². The number of aromatic nitrogens is 2. The van der Waals surface area contributed by atoms with Crippen molar-refractivity contribution in [2.45, 2.75) is 51.4 Å². The lowest BCUT2D eigenvalue weighted by atomic mass is 9.82. The summed E-state index contributed by atoms with van der Waals surface area (Å²) in [4.78, 5) is 33.0. The Bertz CT molecular complexity index is 805. The number of benzene rings is 1. The van der Waals surface area contributed by atoms with E-state index < -0.39 is 0 Å². The Labute approximate surface area is 158 Å². The predicted octanol–water partition coefficient (Wildman–Crippen LogP) is 4.56. The van der Waals surface area contributed by atoms with Gasteiger partial charge < -0.3 is 0 Å². The Morgan fingerprint density at radius 1 is 1.23 bits per heavy atom. The number of anilines is 1. The van der Waals surface area contributed by atoms with Gasteiger partial charge >= 0.3 is 0 Å². The number of carbonyl (C=O) groups is 2. The lowest BCUT2D eigenvalue weighted by Crippen LogP contribution is -2.22. The molecule has 0 spiro atoms. The molecule has 3 rings (SSSR count). The molecule has 1 aromatic carbocycles. The third-order valence-electron chi connectivity index (χ3n) is 4.64. The van der Waals surface area contributed by atoms with Gasteiger partial charge in [-0.15, -0.1) is 0 Å². The number of Topliss-reactive ketones (excluding diaryl/α,β-unsaturated/α-hetero) is 1. The summed E-state index contributed by atoms with van der Waals surface area (Å²) in [6, 6.07) is 7.56. The number of halogens is 1. The van der Waals surface area contributed by atoms with Gasteiger partial charge in [0.25, 0.3) is 0 Å². The summed E-state index contributed by atoms with van der Waals surface area (Å²) in [6.07, 6.45) is 6.01. The van der Waals surface area contributed by atoms with Gasteiger partial charge in [0.2, 0.25) is 11.9 Å². The van der Waals surface area contributed by atoms with Gasteiger partial charge in [-0.05, 0) is 36.5 Å². The van der Waals surface area contributed by atoms with Crippen LogP contribution in [0.3, 0.4) is 0 Å². The monoisotopic (exact) mass is 371 g/mol. The zero-order valence-electron chi connectivity index (χ0n) is 14.8. The van der Waals surface area contributed by atoms with Gasteiger partial charge in [-0.2, -0.15) is 0 Å². The summed E-state index contributed by atoms with van der Waals surface area (Å²) in [5.41, 5.74) is 2.32. The predicted molar refractivity (Wildman–Crippen MR) is 102 cm³/mol. The molecule has 0 saturated heterocycles. The second-order valence-electron chi connectivity index (χ2n) is 6.64. The van der Waals surface area contributed by atoms with Crippen molar-refractivity contribution < 1.29 is 9.59 Å². The molecule has 0 aliphatic heterocycles. The molecule has 1 aliphatic rings. The molecule has 5 nitrogen and oxygen atoms in total. The third-order valence-corrected chi connectivity index (χ3v) is 4.89. The maximum Gasteiger partial charge on any atom is 0.229 e. The number of unbranched alkanes of at least 4 members (excludes halogenated alkanes) is 2. The molecule has 1 amide bonds. The first kappa shape index (κ1) is 18.5. The van der Waals surface area contributed by atoms with E-state index in [2.05, 4.69) is 22.2 Å². The highest BCUT2D eigenvalue weighted by atomic mass is 35.5. The summed E-state index contributed by atoms with van der Waals surface area (Å²) in [5, 5.41) is 3.41. The smallest absolute Gasteiger partial charge is 0.229 e. The normalized spacial score (nSPS) is 16.2. The van der Waals surface area contributed by atoms with Crippen LogP contribution in [0.4, 0.5) is 5.95 Å². The molecule has 0 saturated carbocycles. The second-order valence-corrected chi connectivity index (χ2v) is 7.08. The molecule has 1 atom stereocenters. The summed E-state index contributed by atoms with van der Waals surface area (Å²) in [5.74, 6) is 0.284. The van der Waals surface area contributed by atoms with Crippen molar-refractivity contribution in [3.05, 3.63) is 52.3 Å². The average Bonchev–Trinajstić information content (AvgIpc) is 2.62. The fourth-order valence-electron chi connectivity index (χ4n) is 3.20.